The van der Waals surface area contributed by atoms with Crippen LogP contribution in [-0.4, -0.2) is 17.1 Å². The van der Waals surface area contributed by atoms with E-state index in [-0.39, 0.29) is 5.54 Å². The third kappa shape index (κ3) is 4.93. The Bertz CT molecular complexity index is 274. The molecular formula is C13H22N2. The minimum absolute atomic E-state index is 0.217. The van der Waals surface area contributed by atoms with Gasteiger partial charge in [-0.05, 0) is 51.3 Å². The zero-order chi connectivity index (χ0) is 11.3. The van der Waals surface area contributed by atoms with Crippen molar-refractivity contribution in [3.63, 3.8) is 0 Å². The molecule has 0 amide bonds. The molecule has 0 aliphatic heterocycles. The maximum absolute atomic E-state index is 4.14. The van der Waals surface area contributed by atoms with Crippen LogP contribution in [0.4, 0.5) is 0 Å². The average Bonchev–Trinajstić information content (AvgIpc) is 2.17. The van der Waals surface area contributed by atoms with Gasteiger partial charge in [-0.25, -0.2) is 0 Å². The van der Waals surface area contributed by atoms with Gasteiger partial charge in [-0.1, -0.05) is 13.0 Å². The Hall–Kier alpha value is -0.890. The van der Waals surface area contributed by atoms with E-state index in [2.05, 4.69) is 44.1 Å². The monoisotopic (exact) mass is 206 g/mol. The molecule has 1 heterocycles. The molecule has 0 aliphatic carbocycles. The summed E-state index contributed by atoms with van der Waals surface area (Å²) in [6.07, 6.45) is 4.94. The van der Waals surface area contributed by atoms with Gasteiger partial charge >= 0.3 is 0 Å². The molecule has 1 aromatic heterocycles. The Balaban J connectivity index is 2.34. The summed E-state index contributed by atoms with van der Waals surface area (Å²) in [5, 5.41) is 3.50. The maximum atomic E-state index is 4.14. The molecule has 0 bridgehead atoms. The van der Waals surface area contributed by atoms with E-state index in [9.17, 15) is 0 Å². The van der Waals surface area contributed by atoms with Crippen molar-refractivity contribution in [2.75, 3.05) is 6.54 Å². The van der Waals surface area contributed by atoms with Gasteiger partial charge in [0.15, 0.2) is 0 Å². The van der Waals surface area contributed by atoms with Gasteiger partial charge in [0.25, 0.3) is 0 Å². The second-order valence-electron chi connectivity index (χ2n) is 5.15. The van der Waals surface area contributed by atoms with E-state index in [4.69, 9.17) is 0 Å². The molecular weight excluding hydrogens is 184 g/mol. The predicted octanol–water partition coefficient (Wildman–Crippen LogP) is 2.96. The minimum atomic E-state index is 0.217. The first-order chi connectivity index (χ1) is 6.99. The third-order valence-corrected chi connectivity index (χ3v) is 2.49. The minimum Gasteiger partial charge on any atom is -0.312 e. The number of nitrogens with zero attached hydrogens (tertiary/aromatic N) is 1. The molecule has 0 radical (unpaired) electrons. The number of aromatic nitrogens is 1. The molecule has 0 aromatic carbocycles. The predicted molar refractivity (Wildman–Crippen MR) is 65.0 cm³/mol. The summed E-state index contributed by atoms with van der Waals surface area (Å²) in [6.45, 7) is 9.89. The second kappa shape index (κ2) is 5.26. The number of rotatable bonds is 4. The summed E-state index contributed by atoms with van der Waals surface area (Å²) in [4.78, 5) is 4.14. The van der Waals surface area contributed by atoms with Gasteiger partial charge < -0.3 is 5.32 Å². The van der Waals surface area contributed by atoms with Gasteiger partial charge in [0.1, 0.15) is 0 Å². The standard InChI is InChI=1S/C13H22N2/c1-11(7-9-15-13(2,3)4)12-6-5-8-14-10-12/h5-6,8,10-11,15H,7,9H2,1-4H3. The fraction of sp³-hybridized carbons (Fsp3) is 0.615. The van der Waals surface area contributed by atoms with Crippen LogP contribution in [0.25, 0.3) is 0 Å². The van der Waals surface area contributed by atoms with Crippen molar-refractivity contribution >= 4 is 0 Å². The van der Waals surface area contributed by atoms with Gasteiger partial charge in [-0.15, -0.1) is 0 Å². The van der Waals surface area contributed by atoms with Crippen LogP contribution >= 0.6 is 0 Å². The summed E-state index contributed by atoms with van der Waals surface area (Å²) < 4.78 is 0. The highest BCUT2D eigenvalue weighted by molar-refractivity contribution is 5.13. The summed E-state index contributed by atoms with van der Waals surface area (Å²) in [6, 6.07) is 4.15. The summed E-state index contributed by atoms with van der Waals surface area (Å²) in [7, 11) is 0. The van der Waals surface area contributed by atoms with Crippen molar-refractivity contribution in [3.8, 4) is 0 Å². The molecule has 0 aliphatic rings. The van der Waals surface area contributed by atoms with Crippen LogP contribution in [0.5, 0.6) is 0 Å². The Morgan fingerprint density at radius 3 is 2.67 bits per heavy atom. The van der Waals surface area contributed by atoms with Crippen LogP contribution < -0.4 is 5.32 Å². The third-order valence-electron chi connectivity index (χ3n) is 2.49. The van der Waals surface area contributed by atoms with E-state index in [1.807, 2.05) is 18.5 Å². The largest absolute Gasteiger partial charge is 0.312 e. The first-order valence-electron chi connectivity index (χ1n) is 5.64. The number of pyridine rings is 1. The van der Waals surface area contributed by atoms with Crippen LogP contribution in [0.3, 0.4) is 0 Å². The molecule has 2 heteroatoms. The lowest BCUT2D eigenvalue weighted by Crippen LogP contribution is -2.36. The van der Waals surface area contributed by atoms with Gasteiger partial charge in [0, 0.05) is 17.9 Å². The van der Waals surface area contributed by atoms with E-state index in [0.717, 1.165) is 13.0 Å². The molecule has 1 aromatic rings. The molecule has 1 N–H and O–H groups in total. The van der Waals surface area contributed by atoms with Gasteiger partial charge in [-0.3, -0.25) is 4.98 Å². The molecule has 0 fully saturated rings. The molecule has 0 spiro atoms. The fourth-order valence-electron chi connectivity index (χ4n) is 1.50. The van der Waals surface area contributed by atoms with Crippen LogP contribution in [-0.2, 0) is 0 Å². The van der Waals surface area contributed by atoms with Crippen LogP contribution in [0.1, 0.15) is 45.6 Å². The molecule has 1 unspecified atom stereocenters. The lowest BCUT2D eigenvalue weighted by atomic mass is 9.99. The van der Waals surface area contributed by atoms with Crippen LogP contribution in [0.15, 0.2) is 24.5 Å². The van der Waals surface area contributed by atoms with Crippen molar-refractivity contribution < 1.29 is 0 Å². The first-order valence-corrected chi connectivity index (χ1v) is 5.64. The highest BCUT2D eigenvalue weighted by Gasteiger charge is 2.10. The molecule has 0 saturated heterocycles. The normalized spacial score (nSPS) is 13.9. The lowest BCUT2D eigenvalue weighted by Gasteiger charge is -2.22. The number of nitrogens with one attached hydrogen (secondary N) is 1. The highest BCUT2D eigenvalue weighted by Crippen LogP contribution is 2.17. The summed E-state index contributed by atoms with van der Waals surface area (Å²) >= 11 is 0. The smallest absolute Gasteiger partial charge is 0.0302 e. The molecule has 15 heavy (non-hydrogen) atoms. The van der Waals surface area contributed by atoms with E-state index < -0.39 is 0 Å². The average molecular weight is 206 g/mol. The fourth-order valence-corrected chi connectivity index (χ4v) is 1.50. The Labute approximate surface area is 93.1 Å². The quantitative estimate of drug-likeness (QED) is 0.819. The molecule has 1 rings (SSSR count). The van der Waals surface area contributed by atoms with Crippen molar-refractivity contribution in [2.24, 2.45) is 0 Å². The van der Waals surface area contributed by atoms with E-state index >= 15 is 0 Å². The van der Waals surface area contributed by atoms with Crippen molar-refractivity contribution in [1.29, 1.82) is 0 Å². The zero-order valence-electron chi connectivity index (χ0n) is 10.2. The van der Waals surface area contributed by atoms with Crippen LogP contribution in [0, 0.1) is 0 Å². The molecule has 84 valence electrons. The molecule has 0 saturated carbocycles. The SMILES string of the molecule is CC(CCNC(C)(C)C)c1cccnc1. The topological polar surface area (TPSA) is 24.9 Å². The maximum Gasteiger partial charge on any atom is 0.0302 e. The van der Waals surface area contributed by atoms with Gasteiger partial charge in [-0.2, -0.15) is 0 Å². The van der Waals surface area contributed by atoms with E-state index in [1.54, 1.807) is 0 Å². The Kier molecular flexibility index (Phi) is 4.28. The Morgan fingerprint density at radius 1 is 1.40 bits per heavy atom. The van der Waals surface area contributed by atoms with Crippen molar-refractivity contribution in [2.45, 2.75) is 45.6 Å². The highest BCUT2D eigenvalue weighted by atomic mass is 14.9. The summed E-state index contributed by atoms with van der Waals surface area (Å²) in [5.41, 5.74) is 1.54. The molecule has 1 atom stereocenters. The van der Waals surface area contributed by atoms with Crippen molar-refractivity contribution in [3.05, 3.63) is 30.1 Å². The van der Waals surface area contributed by atoms with Gasteiger partial charge in [0.05, 0.1) is 0 Å². The van der Waals surface area contributed by atoms with E-state index in [0.29, 0.717) is 5.92 Å². The van der Waals surface area contributed by atoms with E-state index in [1.165, 1.54) is 5.56 Å². The number of hydrogen-bond acceptors (Lipinski definition) is 2. The van der Waals surface area contributed by atoms with Gasteiger partial charge in [0.2, 0.25) is 0 Å². The first kappa shape index (κ1) is 12.2. The van der Waals surface area contributed by atoms with Crippen molar-refractivity contribution in [1.82, 2.24) is 10.3 Å². The van der Waals surface area contributed by atoms with Crippen LogP contribution in [0.2, 0.25) is 0 Å². The second-order valence-corrected chi connectivity index (χ2v) is 5.15. The number of hydrogen-bond donors (Lipinski definition) is 1. The zero-order valence-corrected chi connectivity index (χ0v) is 10.2. The molecule has 2 nitrogen and oxygen atoms in total. The Morgan fingerprint density at radius 2 is 2.13 bits per heavy atom. The lowest BCUT2D eigenvalue weighted by molar-refractivity contribution is 0.413. The summed E-state index contributed by atoms with van der Waals surface area (Å²) in [5.74, 6) is 0.577.